The fourth-order valence-electron chi connectivity index (χ4n) is 4.31. The van der Waals surface area contributed by atoms with E-state index in [0.29, 0.717) is 10.7 Å². The topological polar surface area (TPSA) is 108 Å². The van der Waals surface area contributed by atoms with E-state index < -0.39 is 28.9 Å². The fraction of sp³-hybridized carbons (Fsp3) is 0.333. The van der Waals surface area contributed by atoms with Gasteiger partial charge in [-0.05, 0) is 48.1 Å². The molecule has 3 aromatic rings. The number of thiazole rings is 1. The second-order valence-corrected chi connectivity index (χ2v) is 10.3. The number of halogens is 3. The summed E-state index contributed by atoms with van der Waals surface area (Å²) in [5.74, 6) is -1.18. The van der Waals surface area contributed by atoms with E-state index in [1.54, 1.807) is 38.3 Å². The molecular weight excluding hydrogens is 481 g/mol. The molecule has 2 heterocycles. The maximum atomic E-state index is 13.0. The van der Waals surface area contributed by atoms with Crippen molar-refractivity contribution in [3.63, 3.8) is 0 Å². The van der Waals surface area contributed by atoms with Crippen LogP contribution < -0.4 is 5.32 Å². The van der Waals surface area contributed by atoms with Gasteiger partial charge in [0, 0.05) is 30.1 Å². The minimum absolute atomic E-state index is 0.137. The van der Waals surface area contributed by atoms with Crippen molar-refractivity contribution in [3.05, 3.63) is 64.6 Å². The fourth-order valence-corrected chi connectivity index (χ4v) is 5.31. The molecule has 0 aliphatic heterocycles. The Morgan fingerprint density at radius 3 is 2.60 bits per heavy atom. The van der Waals surface area contributed by atoms with Crippen LogP contribution in [-0.2, 0) is 16.6 Å². The Morgan fingerprint density at radius 2 is 1.94 bits per heavy atom. The molecule has 3 N–H and O–H groups in total. The van der Waals surface area contributed by atoms with Crippen LogP contribution in [0, 0.1) is 12.3 Å². The molecule has 0 saturated heterocycles. The van der Waals surface area contributed by atoms with Crippen LogP contribution in [0.15, 0.2) is 48.3 Å². The molecule has 0 fully saturated rings. The van der Waals surface area contributed by atoms with Gasteiger partial charge in [-0.1, -0.05) is 26.0 Å². The molecule has 0 amide bonds. The van der Waals surface area contributed by atoms with Crippen molar-refractivity contribution in [2.24, 2.45) is 5.41 Å². The third kappa shape index (κ3) is 5.20. The molecule has 1 atom stereocenters. The van der Waals surface area contributed by atoms with Gasteiger partial charge in [0.15, 0.2) is 0 Å². The first kappa shape index (κ1) is 24.8. The van der Waals surface area contributed by atoms with Crippen molar-refractivity contribution < 1.29 is 28.2 Å². The van der Waals surface area contributed by atoms with E-state index in [4.69, 9.17) is 0 Å². The number of rotatable bonds is 5. The molecule has 0 bridgehead atoms. The Balaban J connectivity index is 1.61. The van der Waals surface area contributed by atoms with Crippen LogP contribution in [-0.4, -0.2) is 31.1 Å². The number of carbonyl (C=O) groups is 1. The summed E-state index contributed by atoms with van der Waals surface area (Å²) >= 11 is 1.29. The van der Waals surface area contributed by atoms with Crippen molar-refractivity contribution in [2.45, 2.75) is 45.4 Å². The van der Waals surface area contributed by atoms with Crippen molar-refractivity contribution >= 4 is 28.9 Å². The predicted octanol–water partition coefficient (Wildman–Crippen LogP) is 5.69. The average Bonchev–Trinajstić information content (AvgIpc) is 3.23. The normalized spacial score (nSPS) is 19.8. The van der Waals surface area contributed by atoms with Crippen LogP contribution in [0.1, 0.15) is 43.0 Å². The first-order valence-electron chi connectivity index (χ1n) is 10.7. The monoisotopic (exact) mass is 504 g/mol. The molecular formula is C24H23F3N4O3S. The third-order valence-electron chi connectivity index (χ3n) is 5.81. The van der Waals surface area contributed by atoms with E-state index in [-0.39, 0.29) is 24.4 Å². The van der Waals surface area contributed by atoms with Crippen LogP contribution in [0.2, 0.25) is 0 Å². The van der Waals surface area contributed by atoms with Crippen LogP contribution in [0.25, 0.3) is 10.4 Å². The number of nitrogens with zero attached hydrogens (tertiary/aromatic N) is 3. The van der Waals surface area contributed by atoms with Gasteiger partial charge in [-0.3, -0.25) is 0 Å². The van der Waals surface area contributed by atoms with Crippen molar-refractivity contribution in [3.8, 4) is 10.4 Å². The van der Waals surface area contributed by atoms with E-state index in [1.807, 2.05) is 13.0 Å². The van der Waals surface area contributed by atoms with Crippen molar-refractivity contribution in [1.82, 2.24) is 15.0 Å². The van der Waals surface area contributed by atoms with Gasteiger partial charge in [0.25, 0.3) is 0 Å². The standard InChI is InChI=1S/C24H23F3N4O3S/c1-13-8-14(10-15(9-13)30-21-28-7-5-18(31-21)24(25,26)27)17-11-29-20(35-17)23(34)6-4-16(19(32)33)22(2,3)12-23/h4-5,7-11,34H,6,12H2,1-3H3,(H,32,33)(H,28,30,31)/t23-/m0/s1. The van der Waals surface area contributed by atoms with E-state index in [1.165, 1.54) is 11.3 Å². The molecule has 0 saturated carbocycles. The maximum Gasteiger partial charge on any atom is 0.433 e. The largest absolute Gasteiger partial charge is 0.478 e. The lowest BCUT2D eigenvalue weighted by Crippen LogP contribution is -2.38. The zero-order valence-corrected chi connectivity index (χ0v) is 20.0. The molecule has 11 heteroatoms. The summed E-state index contributed by atoms with van der Waals surface area (Å²) in [7, 11) is 0. The molecule has 7 nitrogen and oxygen atoms in total. The van der Waals surface area contributed by atoms with E-state index in [0.717, 1.165) is 28.3 Å². The first-order valence-corrected chi connectivity index (χ1v) is 11.5. The number of carboxylic acid groups (broad SMARTS) is 1. The van der Waals surface area contributed by atoms with Gasteiger partial charge < -0.3 is 15.5 Å². The lowest BCUT2D eigenvalue weighted by molar-refractivity contribution is -0.141. The van der Waals surface area contributed by atoms with Crippen LogP contribution in [0.3, 0.4) is 0 Å². The SMILES string of the molecule is Cc1cc(Nc2nccc(C(F)(F)F)n2)cc(-c2cnc([C@]3(O)CC=C(C(=O)O)C(C)(C)C3)s2)c1. The molecule has 1 aliphatic rings. The number of benzene rings is 1. The van der Waals surface area contributed by atoms with Crippen molar-refractivity contribution in [2.75, 3.05) is 5.32 Å². The molecule has 4 rings (SSSR count). The Kier molecular flexibility index (Phi) is 6.18. The number of alkyl halides is 3. The second kappa shape index (κ2) is 8.72. The zero-order chi connectivity index (χ0) is 25.6. The van der Waals surface area contributed by atoms with Crippen LogP contribution in [0.4, 0.5) is 24.8 Å². The number of nitrogens with one attached hydrogen (secondary N) is 1. The quantitative estimate of drug-likeness (QED) is 0.410. The number of aliphatic hydroxyl groups is 1. The molecule has 0 radical (unpaired) electrons. The lowest BCUT2D eigenvalue weighted by Gasteiger charge is -2.39. The highest BCUT2D eigenvalue weighted by atomic mass is 32.1. The number of carboxylic acids is 1. The molecule has 0 unspecified atom stereocenters. The lowest BCUT2D eigenvalue weighted by atomic mass is 9.69. The van der Waals surface area contributed by atoms with Gasteiger partial charge in [0.05, 0.1) is 4.88 Å². The summed E-state index contributed by atoms with van der Waals surface area (Å²) in [6.07, 6.45) is -0.0139. The highest BCUT2D eigenvalue weighted by Gasteiger charge is 2.45. The summed E-state index contributed by atoms with van der Waals surface area (Å²) in [5, 5.41) is 24.1. The summed E-state index contributed by atoms with van der Waals surface area (Å²) in [4.78, 5) is 24.1. The number of aliphatic carboxylic acids is 1. The van der Waals surface area contributed by atoms with Gasteiger partial charge in [-0.15, -0.1) is 11.3 Å². The summed E-state index contributed by atoms with van der Waals surface area (Å²) in [6.45, 7) is 5.40. The van der Waals surface area contributed by atoms with Gasteiger partial charge >= 0.3 is 12.1 Å². The van der Waals surface area contributed by atoms with E-state index in [2.05, 4.69) is 20.3 Å². The van der Waals surface area contributed by atoms with Gasteiger partial charge in [0.1, 0.15) is 16.3 Å². The number of anilines is 2. The number of aromatic nitrogens is 3. The Morgan fingerprint density at radius 1 is 1.20 bits per heavy atom. The zero-order valence-electron chi connectivity index (χ0n) is 19.1. The molecule has 1 aliphatic carbocycles. The predicted molar refractivity (Wildman–Crippen MR) is 125 cm³/mol. The minimum Gasteiger partial charge on any atom is -0.478 e. The average molecular weight is 505 g/mol. The van der Waals surface area contributed by atoms with Gasteiger partial charge in [-0.2, -0.15) is 13.2 Å². The van der Waals surface area contributed by atoms with E-state index in [9.17, 15) is 28.2 Å². The number of aryl methyl sites for hydroxylation is 1. The van der Waals surface area contributed by atoms with Gasteiger partial charge in [-0.25, -0.2) is 19.7 Å². The minimum atomic E-state index is -4.58. The van der Waals surface area contributed by atoms with Crippen molar-refractivity contribution in [1.29, 1.82) is 0 Å². The maximum absolute atomic E-state index is 13.0. The molecule has 2 aromatic heterocycles. The first-order chi connectivity index (χ1) is 16.3. The molecule has 35 heavy (non-hydrogen) atoms. The Bertz CT molecular complexity index is 1320. The Hall–Kier alpha value is -3.31. The summed E-state index contributed by atoms with van der Waals surface area (Å²) < 4.78 is 38.9. The highest BCUT2D eigenvalue weighted by molar-refractivity contribution is 7.15. The molecule has 184 valence electrons. The highest BCUT2D eigenvalue weighted by Crippen LogP contribution is 2.48. The second-order valence-electron chi connectivity index (χ2n) is 9.22. The summed E-state index contributed by atoms with van der Waals surface area (Å²) in [5.41, 5.74) is -0.718. The van der Waals surface area contributed by atoms with E-state index >= 15 is 0 Å². The Labute approximate surface area is 203 Å². The van der Waals surface area contributed by atoms with Crippen LogP contribution in [0.5, 0.6) is 0 Å². The number of hydrogen-bond donors (Lipinski definition) is 3. The van der Waals surface area contributed by atoms with Gasteiger partial charge in [0.2, 0.25) is 5.95 Å². The molecule has 0 spiro atoms. The smallest absolute Gasteiger partial charge is 0.433 e. The molecule has 1 aromatic carbocycles. The summed E-state index contributed by atoms with van der Waals surface area (Å²) in [6, 6.07) is 6.19. The third-order valence-corrected chi connectivity index (χ3v) is 7.05. The van der Waals surface area contributed by atoms with Crippen LogP contribution >= 0.6 is 11.3 Å². The number of hydrogen-bond acceptors (Lipinski definition) is 7.